The van der Waals surface area contributed by atoms with Crippen molar-refractivity contribution in [2.24, 2.45) is 5.92 Å². The van der Waals surface area contributed by atoms with E-state index in [0.29, 0.717) is 0 Å². The molecule has 0 saturated carbocycles. The molecule has 2 heteroatoms. The van der Waals surface area contributed by atoms with Crippen molar-refractivity contribution >= 4 is 0 Å². The molecule has 1 rings (SSSR count). The highest BCUT2D eigenvalue weighted by Gasteiger charge is 2.14. The summed E-state index contributed by atoms with van der Waals surface area (Å²) in [4.78, 5) is 0. The minimum absolute atomic E-state index is 0.0150. The molecule has 2 N–H and O–H groups in total. The monoisotopic (exact) mass is 128 g/mol. The Bertz CT molecular complexity index is 107. The van der Waals surface area contributed by atoms with Crippen molar-refractivity contribution < 1.29 is 10.2 Å². The maximum absolute atomic E-state index is 8.68. The average Bonchev–Trinajstić information content (AvgIpc) is 1.90. The Morgan fingerprint density at radius 2 is 2.22 bits per heavy atom. The first-order valence-corrected chi connectivity index (χ1v) is 3.33. The van der Waals surface area contributed by atoms with Crippen LogP contribution in [0.15, 0.2) is 12.2 Å². The summed E-state index contributed by atoms with van der Waals surface area (Å²) in [5.74, 6) is -0.0150. The van der Waals surface area contributed by atoms with Crippen molar-refractivity contribution in [1.82, 2.24) is 0 Å². The molecule has 1 aliphatic rings. The van der Waals surface area contributed by atoms with E-state index in [1.54, 1.807) is 0 Å². The zero-order valence-corrected chi connectivity index (χ0v) is 5.33. The van der Waals surface area contributed by atoms with Gasteiger partial charge in [0, 0.05) is 5.92 Å². The van der Waals surface area contributed by atoms with E-state index in [2.05, 4.69) is 0 Å². The van der Waals surface area contributed by atoms with Crippen molar-refractivity contribution in [2.45, 2.75) is 25.6 Å². The third kappa shape index (κ3) is 1.80. The van der Waals surface area contributed by atoms with Crippen LogP contribution < -0.4 is 0 Å². The molecular weight excluding hydrogens is 116 g/mol. The van der Waals surface area contributed by atoms with Gasteiger partial charge in [0.05, 0.1) is 0 Å². The van der Waals surface area contributed by atoms with E-state index >= 15 is 0 Å². The van der Waals surface area contributed by atoms with Crippen LogP contribution in [0.5, 0.6) is 0 Å². The van der Waals surface area contributed by atoms with E-state index in [0.717, 1.165) is 19.3 Å². The first-order valence-electron chi connectivity index (χ1n) is 3.33. The van der Waals surface area contributed by atoms with Crippen LogP contribution in [0.1, 0.15) is 19.3 Å². The molecule has 0 aromatic carbocycles. The highest BCUT2D eigenvalue weighted by Crippen LogP contribution is 2.18. The van der Waals surface area contributed by atoms with Crippen LogP contribution >= 0.6 is 0 Å². The fourth-order valence-electron chi connectivity index (χ4n) is 1.09. The third-order valence-electron chi connectivity index (χ3n) is 1.67. The van der Waals surface area contributed by atoms with Gasteiger partial charge in [0.2, 0.25) is 0 Å². The average molecular weight is 128 g/mol. The lowest BCUT2D eigenvalue weighted by molar-refractivity contribution is -0.0730. The molecule has 0 aliphatic heterocycles. The van der Waals surface area contributed by atoms with E-state index in [9.17, 15) is 0 Å². The Labute approximate surface area is 54.8 Å². The fourth-order valence-corrected chi connectivity index (χ4v) is 1.09. The van der Waals surface area contributed by atoms with E-state index in [-0.39, 0.29) is 5.92 Å². The van der Waals surface area contributed by atoms with Gasteiger partial charge in [-0.15, -0.1) is 0 Å². The lowest BCUT2D eigenvalue weighted by Crippen LogP contribution is -2.18. The van der Waals surface area contributed by atoms with Gasteiger partial charge >= 0.3 is 0 Å². The topological polar surface area (TPSA) is 40.5 Å². The number of aliphatic hydroxyl groups excluding tert-OH is 1. The van der Waals surface area contributed by atoms with Gasteiger partial charge < -0.3 is 10.2 Å². The van der Waals surface area contributed by atoms with Crippen molar-refractivity contribution in [3.63, 3.8) is 0 Å². The molecule has 0 radical (unpaired) electrons. The molecule has 1 atom stereocenters. The molecule has 0 aromatic rings. The summed E-state index contributed by atoms with van der Waals surface area (Å²) in [6, 6.07) is 0. The van der Waals surface area contributed by atoms with E-state index < -0.39 is 6.29 Å². The molecule has 1 aliphatic carbocycles. The zero-order valence-electron chi connectivity index (χ0n) is 5.33. The Hall–Kier alpha value is -0.340. The Morgan fingerprint density at radius 3 is 2.56 bits per heavy atom. The molecule has 2 nitrogen and oxygen atoms in total. The third-order valence-corrected chi connectivity index (χ3v) is 1.67. The molecular formula is C7H12O2. The summed E-state index contributed by atoms with van der Waals surface area (Å²) in [7, 11) is 0. The zero-order chi connectivity index (χ0) is 6.69. The Morgan fingerprint density at radius 1 is 1.44 bits per heavy atom. The lowest BCUT2D eigenvalue weighted by Gasteiger charge is -2.17. The maximum Gasteiger partial charge on any atom is 0.157 e. The lowest BCUT2D eigenvalue weighted by atomic mass is 9.96. The molecule has 0 fully saturated rings. The van der Waals surface area contributed by atoms with Gasteiger partial charge in [-0.1, -0.05) is 12.2 Å². The van der Waals surface area contributed by atoms with Crippen molar-refractivity contribution in [1.29, 1.82) is 0 Å². The SMILES string of the molecule is OC(O)C1C=CCCC1. The maximum atomic E-state index is 8.68. The second kappa shape index (κ2) is 2.99. The Balaban J connectivity index is 2.40. The number of allylic oxidation sites excluding steroid dienone is 1. The predicted molar refractivity (Wildman–Crippen MR) is 34.7 cm³/mol. The van der Waals surface area contributed by atoms with Crippen LogP contribution in [0.4, 0.5) is 0 Å². The van der Waals surface area contributed by atoms with E-state index in [4.69, 9.17) is 10.2 Å². The highest BCUT2D eigenvalue weighted by molar-refractivity contribution is 4.93. The van der Waals surface area contributed by atoms with Gasteiger partial charge in [-0.25, -0.2) is 0 Å². The van der Waals surface area contributed by atoms with Crippen LogP contribution in [0.3, 0.4) is 0 Å². The van der Waals surface area contributed by atoms with Gasteiger partial charge in [0.1, 0.15) is 0 Å². The molecule has 0 bridgehead atoms. The summed E-state index contributed by atoms with van der Waals surface area (Å²) in [5, 5.41) is 17.4. The molecule has 9 heavy (non-hydrogen) atoms. The fraction of sp³-hybridized carbons (Fsp3) is 0.714. The number of rotatable bonds is 1. The standard InChI is InChI=1S/C7H12O2/c8-7(9)6-4-2-1-3-5-6/h2,4,6-9H,1,3,5H2. The van der Waals surface area contributed by atoms with Crippen LogP contribution in [-0.2, 0) is 0 Å². The predicted octanol–water partition coefficient (Wildman–Crippen LogP) is 0.653. The van der Waals surface area contributed by atoms with Crippen LogP contribution in [-0.4, -0.2) is 16.5 Å². The summed E-state index contributed by atoms with van der Waals surface area (Å²) >= 11 is 0. The molecule has 0 aromatic heterocycles. The summed E-state index contributed by atoms with van der Waals surface area (Å²) in [6.45, 7) is 0. The molecule has 0 spiro atoms. The van der Waals surface area contributed by atoms with Crippen molar-refractivity contribution in [3.05, 3.63) is 12.2 Å². The number of hydrogen-bond acceptors (Lipinski definition) is 2. The van der Waals surface area contributed by atoms with Gasteiger partial charge in [0.15, 0.2) is 6.29 Å². The summed E-state index contributed by atoms with van der Waals surface area (Å²) in [6.07, 6.45) is 5.82. The summed E-state index contributed by atoms with van der Waals surface area (Å²) < 4.78 is 0. The van der Waals surface area contributed by atoms with Gasteiger partial charge in [-0.3, -0.25) is 0 Å². The second-order valence-corrected chi connectivity index (χ2v) is 2.44. The van der Waals surface area contributed by atoms with Crippen LogP contribution in [0, 0.1) is 5.92 Å². The van der Waals surface area contributed by atoms with Gasteiger partial charge in [0.25, 0.3) is 0 Å². The summed E-state index contributed by atoms with van der Waals surface area (Å²) in [5.41, 5.74) is 0. The minimum atomic E-state index is -1.15. The van der Waals surface area contributed by atoms with Crippen LogP contribution in [0.2, 0.25) is 0 Å². The molecule has 0 heterocycles. The normalized spacial score (nSPS) is 27.2. The van der Waals surface area contributed by atoms with Crippen molar-refractivity contribution in [3.8, 4) is 0 Å². The largest absolute Gasteiger partial charge is 0.368 e. The van der Waals surface area contributed by atoms with E-state index in [1.807, 2.05) is 12.2 Å². The van der Waals surface area contributed by atoms with Crippen molar-refractivity contribution in [2.75, 3.05) is 0 Å². The Kier molecular flexibility index (Phi) is 2.25. The van der Waals surface area contributed by atoms with E-state index in [1.165, 1.54) is 0 Å². The quantitative estimate of drug-likeness (QED) is 0.402. The van der Waals surface area contributed by atoms with Crippen LogP contribution in [0.25, 0.3) is 0 Å². The number of aliphatic hydroxyl groups is 2. The first kappa shape index (κ1) is 6.78. The van der Waals surface area contributed by atoms with Gasteiger partial charge in [-0.2, -0.15) is 0 Å². The van der Waals surface area contributed by atoms with Gasteiger partial charge in [-0.05, 0) is 19.3 Å². The molecule has 0 saturated heterocycles. The minimum Gasteiger partial charge on any atom is -0.368 e. The molecule has 0 amide bonds. The number of hydrogen-bond donors (Lipinski definition) is 2. The molecule has 52 valence electrons. The second-order valence-electron chi connectivity index (χ2n) is 2.44. The first-order chi connectivity index (χ1) is 4.30. The highest BCUT2D eigenvalue weighted by atomic mass is 16.5. The molecule has 1 unspecified atom stereocenters. The smallest absolute Gasteiger partial charge is 0.157 e.